The Balaban J connectivity index is 1.97. The highest BCUT2D eigenvalue weighted by Crippen LogP contribution is 2.19. The Morgan fingerprint density at radius 2 is 2.06 bits per heavy atom. The highest BCUT2D eigenvalue weighted by molar-refractivity contribution is 5.90. The zero-order valence-electron chi connectivity index (χ0n) is 11.0. The van der Waals surface area contributed by atoms with Crippen molar-refractivity contribution in [1.82, 2.24) is 10.2 Å². The molecule has 2 rings (SSSR count). The molecule has 0 unspecified atom stereocenters. The van der Waals surface area contributed by atoms with Crippen LogP contribution in [0.5, 0.6) is 0 Å². The first-order chi connectivity index (χ1) is 8.79. The molecular formula is C13H22N2O3. The van der Waals surface area contributed by atoms with Gasteiger partial charge in [-0.3, -0.25) is 0 Å². The Kier molecular flexibility index (Phi) is 5.01. The predicted molar refractivity (Wildman–Crippen MR) is 68.2 cm³/mol. The summed E-state index contributed by atoms with van der Waals surface area (Å²) >= 11 is 0. The van der Waals surface area contributed by atoms with Crippen LogP contribution in [0.15, 0.2) is 11.3 Å². The summed E-state index contributed by atoms with van der Waals surface area (Å²) in [6, 6.07) is 0. The number of hydrogen-bond acceptors (Lipinski definition) is 5. The van der Waals surface area contributed by atoms with Gasteiger partial charge in [-0.05, 0) is 26.3 Å². The molecule has 0 aromatic rings. The molecule has 1 N–H and O–H groups in total. The molecule has 0 aliphatic carbocycles. The summed E-state index contributed by atoms with van der Waals surface area (Å²) in [6.07, 6.45) is 2.27. The smallest absolute Gasteiger partial charge is 0.335 e. The van der Waals surface area contributed by atoms with Gasteiger partial charge < -0.3 is 19.7 Å². The predicted octanol–water partition coefficient (Wildman–Crippen LogP) is 0.519. The van der Waals surface area contributed by atoms with E-state index >= 15 is 0 Å². The fraction of sp³-hybridized carbons (Fsp3) is 0.769. The van der Waals surface area contributed by atoms with E-state index in [0.717, 1.165) is 56.9 Å². The maximum atomic E-state index is 11.4. The minimum absolute atomic E-state index is 0.179. The van der Waals surface area contributed by atoms with Gasteiger partial charge in [0.25, 0.3) is 0 Å². The molecule has 0 aromatic carbocycles. The van der Waals surface area contributed by atoms with E-state index in [2.05, 4.69) is 10.2 Å². The van der Waals surface area contributed by atoms with Crippen molar-refractivity contribution >= 4 is 5.97 Å². The molecule has 0 spiro atoms. The van der Waals surface area contributed by atoms with E-state index in [9.17, 15) is 4.79 Å². The van der Waals surface area contributed by atoms with E-state index in [1.165, 1.54) is 0 Å². The quantitative estimate of drug-likeness (QED) is 0.691. The minimum atomic E-state index is -0.179. The van der Waals surface area contributed by atoms with Crippen molar-refractivity contribution in [1.29, 1.82) is 0 Å². The molecule has 1 fully saturated rings. The van der Waals surface area contributed by atoms with Crippen molar-refractivity contribution in [2.24, 2.45) is 0 Å². The van der Waals surface area contributed by atoms with Crippen LogP contribution in [-0.4, -0.2) is 56.9 Å². The van der Waals surface area contributed by atoms with Crippen LogP contribution in [0, 0.1) is 0 Å². The lowest BCUT2D eigenvalue weighted by molar-refractivity contribution is -0.136. The van der Waals surface area contributed by atoms with Crippen molar-refractivity contribution in [3.8, 4) is 0 Å². The summed E-state index contributed by atoms with van der Waals surface area (Å²) in [5.74, 6) is -0.179. The number of nitrogens with zero attached hydrogens (tertiary/aromatic N) is 1. The van der Waals surface area contributed by atoms with Crippen LogP contribution in [0.25, 0.3) is 0 Å². The van der Waals surface area contributed by atoms with E-state index in [1.807, 2.05) is 6.92 Å². The Morgan fingerprint density at radius 1 is 1.17 bits per heavy atom. The second-order valence-electron chi connectivity index (χ2n) is 4.70. The first-order valence-corrected chi connectivity index (χ1v) is 6.69. The van der Waals surface area contributed by atoms with Gasteiger partial charge in [0, 0.05) is 19.6 Å². The van der Waals surface area contributed by atoms with E-state index in [-0.39, 0.29) is 5.97 Å². The first-order valence-electron chi connectivity index (χ1n) is 6.69. The SMILES string of the molecule is CC1=C(N2CCCCNCCOCC2)COC1=O. The molecule has 5 nitrogen and oxygen atoms in total. The average molecular weight is 254 g/mol. The van der Waals surface area contributed by atoms with Crippen LogP contribution in [-0.2, 0) is 14.3 Å². The molecule has 18 heavy (non-hydrogen) atoms. The summed E-state index contributed by atoms with van der Waals surface area (Å²) in [5.41, 5.74) is 1.79. The number of ether oxygens (including phenoxy) is 2. The number of hydrogen-bond donors (Lipinski definition) is 1. The fourth-order valence-corrected chi connectivity index (χ4v) is 2.28. The Labute approximate surface area is 108 Å². The normalized spacial score (nSPS) is 23.8. The number of cyclic esters (lactones) is 1. The molecule has 0 saturated carbocycles. The summed E-state index contributed by atoms with van der Waals surface area (Å²) in [6.45, 7) is 7.47. The highest BCUT2D eigenvalue weighted by Gasteiger charge is 2.25. The molecule has 0 bridgehead atoms. The summed E-state index contributed by atoms with van der Waals surface area (Å²) in [4.78, 5) is 13.7. The van der Waals surface area contributed by atoms with Crippen molar-refractivity contribution in [3.63, 3.8) is 0 Å². The Bertz CT molecular complexity index is 316. The number of rotatable bonds is 1. The van der Waals surface area contributed by atoms with E-state index in [1.54, 1.807) is 0 Å². The molecule has 0 aromatic heterocycles. The molecular weight excluding hydrogens is 232 g/mol. The maximum Gasteiger partial charge on any atom is 0.335 e. The van der Waals surface area contributed by atoms with E-state index in [0.29, 0.717) is 13.2 Å². The molecule has 0 radical (unpaired) electrons. The lowest BCUT2D eigenvalue weighted by Gasteiger charge is -2.25. The topological polar surface area (TPSA) is 50.8 Å². The number of carbonyl (C=O) groups excluding carboxylic acids is 1. The molecule has 5 heteroatoms. The number of nitrogens with one attached hydrogen (secondary N) is 1. The second-order valence-corrected chi connectivity index (χ2v) is 4.70. The summed E-state index contributed by atoms with van der Waals surface area (Å²) in [5, 5.41) is 3.35. The standard InChI is InChI=1S/C13H22N2O3/c1-11-12(10-18-13(11)16)15-6-3-2-4-14-5-8-17-9-7-15/h14H,2-10H2,1H3. The van der Waals surface area contributed by atoms with Gasteiger partial charge in [-0.1, -0.05) is 0 Å². The van der Waals surface area contributed by atoms with Gasteiger partial charge in [-0.25, -0.2) is 4.79 Å². The van der Waals surface area contributed by atoms with Gasteiger partial charge in [-0.2, -0.15) is 0 Å². The number of carbonyl (C=O) groups is 1. The third kappa shape index (κ3) is 3.46. The van der Waals surface area contributed by atoms with Gasteiger partial charge >= 0.3 is 5.97 Å². The fourth-order valence-electron chi connectivity index (χ4n) is 2.28. The maximum absolute atomic E-state index is 11.4. The van der Waals surface area contributed by atoms with Gasteiger partial charge in [-0.15, -0.1) is 0 Å². The van der Waals surface area contributed by atoms with Crippen molar-refractivity contribution in [2.45, 2.75) is 19.8 Å². The first kappa shape index (κ1) is 13.4. The van der Waals surface area contributed by atoms with Crippen molar-refractivity contribution < 1.29 is 14.3 Å². The third-order valence-corrected chi connectivity index (χ3v) is 3.42. The molecule has 0 atom stereocenters. The molecule has 2 heterocycles. The third-order valence-electron chi connectivity index (χ3n) is 3.42. The minimum Gasteiger partial charge on any atom is -0.456 e. The van der Waals surface area contributed by atoms with Crippen LogP contribution in [0.2, 0.25) is 0 Å². The second kappa shape index (κ2) is 6.75. The monoisotopic (exact) mass is 254 g/mol. The lowest BCUT2D eigenvalue weighted by atomic mass is 10.2. The Morgan fingerprint density at radius 3 is 2.83 bits per heavy atom. The molecule has 0 amide bonds. The largest absolute Gasteiger partial charge is 0.456 e. The summed E-state index contributed by atoms with van der Waals surface area (Å²) in [7, 11) is 0. The highest BCUT2D eigenvalue weighted by atomic mass is 16.5. The zero-order valence-corrected chi connectivity index (χ0v) is 11.0. The van der Waals surface area contributed by atoms with Crippen molar-refractivity contribution in [3.05, 3.63) is 11.3 Å². The van der Waals surface area contributed by atoms with E-state index < -0.39 is 0 Å². The lowest BCUT2D eigenvalue weighted by Crippen LogP contribution is -2.29. The van der Waals surface area contributed by atoms with Gasteiger partial charge in [0.05, 0.1) is 24.5 Å². The zero-order chi connectivity index (χ0) is 12.8. The molecule has 2 aliphatic heterocycles. The molecule has 102 valence electrons. The van der Waals surface area contributed by atoms with Crippen molar-refractivity contribution in [2.75, 3.05) is 46.0 Å². The van der Waals surface area contributed by atoms with Crippen LogP contribution < -0.4 is 5.32 Å². The van der Waals surface area contributed by atoms with Crippen LogP contribution in [0.4, 0.5) is 0 Å². The van der Waals surface area contributed by atoms with Gasteiger partial charge in [0.1, 0.15) is 6.61 Å². The molecule has 2 aliphatic rings. The van der Waals surface area contributed by atoms with Gasteiger partial charge in [0.2, 0.25) is 0 Å². The number of esters is 1. The van der Waals surface area contributed by atoms with Gasteiger partial charge in [0.15, 0.2) is 0 Å². The van der Waals surface area contributed by atoms with Crippen LogP contribution >= 0.6 is 0 Å². The van der Waals surface area contributed by atoms with Crippen LogP contribution in [0.1, 0.15) is 19.8 Å². The van der Waals surface area contributed by atoms with E-state index in [4.69, 9.17) is 9.47 Å². The van der Waals surface area contributed by atoms with Crippen LogP contribution in [0.3, 0.4) is 0 Å². The average Bonchev–Trinajstić information content (AvgIpc) is 2.67. The Hall–Kier alpha value is -1.07. The summed E-state index contributed by atoms with van der Waals surface area (Å²) < 4.78 is 10.6. The molecule has 1 saturated heterocycles.